The maximum Gasteiger partial charge on any atom is 0.236 e. The molecule has 12 heavy (non-hydrogen) atoms. The van der Waals surface area contributed by atoms with Gasteiger partial charge in [-0.2, -0.15) is 0 Å². The largest absolute Gasteiger partial charge is 0.368 e. The van der Waals surface area contributed by atoms with Gasteiger partial charge in [-0.3, -0.25) is 9.59 Å². The summed E-state index contributed by atoms with van der Waals surface area (Å²) < 4.78 is 0. The van der Waals surface area contributed by atoms with Gasteiger partial charge in [-0.25, -0.2) is 0 Å². The number of rotatable bonds is 5. The summed E-state index contributed by atoms with van der Waals surface area (Å²) in [5.74, 6) is -0.974. The molecule has 0 bridgehead atoms. The molecule has 0 radical (unpaired) electrons. The van der Waals surface area contributed by atoms with Crippen LogP contribution in [-0.2, 0) is 9.59 Å². The van der Waals surface area contributed by atoms with Gasteiger partial charge in [-0.15, -0.1) is 0 Å². The van der Waals surface area contributed by atoms with Gasteiger partial charge in [0, 0.05) is 12.5 Å². The van der Waals surface area contributed by atoms with Crippen molar-refractivity contribution in [1.82, 2.24) is 5.32 Å². The average molecular weight is 173 g/mol. The molecule has 0 spiro atoms. The minimum atomic E-state index is -0.546. The molecule has 5 nitrogen and oxygen atoms in total. The van der Waals surface area contributed by atoms with Crippen LogP contribution in [0.15, 0.2) is 0 Å². The molecule has 1 atom stereocenters. The van der Waals surface area contributed by atoms with E-state index >= 15 is 0 Å². The molecule has 0 aromatic heterocycles. The van der Waals surface area contributed by atoms with Crippen molar-refractivity contribution in [3.63, 3.8) is 0 Å². The summed E-state index contributed by atoms with van der Waals surface area (Å²) >= 11 is 0. The lowest BCUT2D eigenvalue weighted by Crippen LogP contribution is -2.39. The smallest absolute Gasteiger partial charge is 0.236 e. The Morgan fingerprint density at radius 3 is 2.42 bits per heavy atom. The quantitative estimate of drug-likeness (QED) is 0.475. The molecular weight excluding hydrogens is 158 g/mol. The summed E-state index contributed by atoms with van der Waals surface area (Å²) in [6, 6.07) is 0. The van der Waals surface area contributed by atoms with Gasteiger partial charge in [-0.05, 0) is 6.42 Å². The van der Waals surface area contributed by atoms with E-state index in [1.807, 2.05) is 6.92 Å². The van der Waals surface area contributed by atoms with E-state index in [2.05, 4.69) is 5.32 Å². The zero-order valence-corrected chi connectivity index (χ0v) is 7.17. The summed E-state index contributed by atoms with van der Waals surface area (Å²) in [6.07, 6.45) is 0.668. The van der Waals surface area contributed by atoms with Crippen LogP contribution in [0, 0.1) is 5.92 Å². The fraction of sp³-hybridized carbons (Fsp3) is 0.714. The van der Waals surface area contributed by atoms with Crippen molar-refractivity contribution in [2.45, 2.75) is 13.3 Å². The van der Waals surface area contributed by atoms with E-state index in [4.69, 9.17) is 11.5 Å². The van der Waals surface area contributed by atoms with Crippen molar-refractivity contribution in [1.29, 1.82) is 0 Å². The molecule has 0 aliphatic carbocycles. The number of carbonyl (C=O) groups is 2. The fourth-order valence-corrected chi connectivity index (χ4v) is 0.778. The van der Waals surface area contributed by atoms with Crippen LogP contribution in [0.2, 0.25) is 0 Å². The molecule has 0 aromatic rings. The van der Waals surface area contributed by atoms with Gasteiger partial charge < -0.3 is 16.8 Å². The molecule has 0 aliphatic heterocycles. The van der Waals surface area contributed by atoms with Crippen LogP contribution in [0.1, 0.15) is 13.3 Å². The summed E-state index contributed by atoms with van der Waals surface area (Å²) in [5.41, 5.74) is 10.2. The third-order valence-electron chi connectivity index (χ3n) is 1.58. The number of carbonyl (C=O) groups excluding carboxylic acids is 2. The van der Waals surface area contributed by atoms with E-state index in [9.17, 15) is 9.59 Å². The van der Waals surface area contributed by atoms with Crippen LogP contribution in [0.25, 0.3) is 0 Å². The fourth-order valence-electron chi connectivity index (χ4n) is 0.778. The Morgan fingerprint density at radius 2 is 2.08 bits per heavy atom. The Bertz CT molecular complexity index is 166. The Labute approximate surface area is 71.5 Å². The van der Waals surface area contributed by atoms with Gasteiger partial charge in [0.1, 0.15) is 0 Å². The first-order chi connectivity index (χ1) is 5.61. The van der Waals surface area contributed by atoms with E-state index < -0.39 is 5.91 Å². The summed E-state index contributed by atoms with van der Waals surface area (Å²) in [7, 11) is 0. The standard InChI is InChI=1S/C7H15N3O2/c1-2-5(3-8)7(12)10-4-6(9)11/h5H,2-4,8H2,1H3,(H2,9,11)(H,10,12). The zero-order valence-electron chi connectivity index (χ0n) is 7.17. The Morgan fingerprint density at radius 1 is 1.50 bits per heavy atom. The lowest BCUT2D eigenvalue weighted by Gasteiger charge is -2.10. The molecule has 1 unspecified atom stereocenters. The highest BCUT2D eigenvalue weighted by Gasteiger charge is 2.13. The van der Waals surface area contributed by atoms with Gasteiger partial charge in [0.2, 0.25) is 11.8 Å². The summed E-state index contributed by atoms with van der Waals surface area (Å²) in [4.78, 5) is 21.4. The second-order valence-electron chi connectivity index (χ2n) is 2.52. The monoisotopic (exact) mass is 173 g/mol. The molecule has 0 heterocycles. The number of primary amides is 1. The van der Waals surface area contributed by atoms with Crippen molar-refractivity contribution in [3.05, 3.63) is 0 Å². The minimum absolute atomic E-state index is 0.116. The Kier molecular flexibility index (Phi) is 5.03. The van der Waals surface area contributed by atoms with Crippen molar-refractivity contribution >= 4 is 11.8 Å². The van der Waals surface area contributed by atoms with Gasteiger partial charge in [0.25, 0.3) is 0 Å². The lowest BCUT2D eigenvalue weighted by atomic mass is 10.1. The third kappa shape index (κ3) is 3.92. The second kappa shape index (κ2) is 5.54. The SMILES string of the molecule is CCC(CN)C(=O)NCC(N)=O. The van der Waals surface area contributed by atoms with Crippen LogP contribution in [0.4, 0.5) is 0 Å². The molecule has 0 fully saturated rings. The van der Waals surface area contributed by atoms with E-state index in [0.717, 1.165) is 0 Å². The molecule has 70 valence electrons. The summed E-state index contributed by atoms with van der Waals surface area (Å²) in [5, 5.41) is 2.39. The molecule has 0 rings (SSSR count). The van der Waals surface area contributed by atoms with E-state index in [1.165, 1.54) is 0 Å². The molecule has 2 amide bonds. The molecule has 0 saturated carbocycles. The van der Waals surface area contributed by atoms with Crippen LogP contribution < -0.4 is 16.8 Å². The first-order valence-corrected chi connectivity index (χ1v) is 3.87. The van der Waals surface area contributed by atoms with E-state index in [-0.39, 0.29) is 18.4 Å². The first kappa shape index (κ1) is 10.9. The number of amides is 2. The van der Waals surface area contributed by atoms with Gasteiger partial charge in [0.05, 0.1) is 6.54 Å². The zero-order chi connectivity index (χ0) is 9.56. The molecular formula is C7H15N3O2. The minimum Gasteiger partial charge on any atom is -0.368 e. The topological polar surface area (TPSA) is 98.2 Å². The van der Waals surface area contributed by atoms with Gasteiger partial charge in [0.15, 0.2) is 0 Å². The molecule has 0 aliphatic rings. The molecule has 0 saturated heterocycles. The van der Waals surface area contributed by atoms with Crippen LogP contribution >= 0.6 is 0 Å². The number of hydrogen-bond acceptors (Lipinski definition) is 3. The predicted molar refractivity (Wildman–Crippen MR) is 45.0 cm³/mol. The lowest BCUT2D eigenvalue weighted by molar-refractivity contribution is -0.127. The van der Waals surface area contributed by atoms with E-state index in [0.29, 0.717) is 13.0 Å². The highest BCUT2D eigenvalue weighted by molar-refractivity contribution is 5.84. The van der Waals surface area contributed by atoms with Crippen molar-refractivity contribution in [2.75, 3.05) is 13.1 Å². The normalized spacial score (nSPS) is 12.2. The number of nitrogens with two attached hydrogens (primary N) is 2. The highest BCUT2D eigenvalue weighted by Crippen LogP contribution is 1.98. The average Bonchev–Trinajstić information content (AvgIpc) is 2.03. The Balaban J connectivity index is 3.77. The first-order valence-electron chi connectivity index (χ1n) is 3.87. The van der Waals surface area contributed by atoms with Gasteiger partial charge in [-0.1, -0.05) is 6.92 Å². The van der Waals surface area contributed by atoms with E-state index in [1.54, 1.807) is 0 Å². The molecule has 0 aromatic carbocycles. The third-order valence-corrected chi connectivity index (χ3v) is 1.58. The highest BCUT2D eigenvalue weighted by atomic mass is 16.2. The molecule has 5 N–H and O–H groups in total. The second-order valence-corrected chi connectivity index (χ2v) is 2.52. The van der Waals surface area contributed by atoms with Crippen molar-refractivity contribution < 1.29 is 9.59 Å². The maximum absolute atomic E-state index is 11.1. The van der Waals surface area contributed by atoms with Crippen molar-refractivity contribution in [2.24, 2.45) is 17.4 Å². The maximum atomic E-state index is 11.1. The number of nitrogens with one attached hydrogen (secondary N) is 1. The van der Waals surface area contributed by atoms with Crippen molar-refractivity contribution in [3.8, 4) is 0 Å². The van der Waals surface area contributed by atoms with Gasteiger partial charge >= 0.3 is 0 Å². The van der Waals surface area contributed by atoms with Crippen LogP contribution in [0.3, 0.4) is 0 Å². The summed E-state index contributed by atoms with van der Waals surface area (Å²) in [6.45, 7) is 2.04. The number of hydrogen-bond donors (Lipinski definition) is 3. The van der Waals surface area contributed by atoms with Crippen LogP contribution in [0.5, 0.6) is 0 Å². The Hall–Kier alpha value is -1.10. The predicted octanol–water partition coefficient (Wildman–Crippen LogP) is -1.43. The molecule has 5 heteroatoms. The van der Waals surface area contributed by atoms with Crippen LogP contribution in [-0.4, -0.2) is 24.9 Å².